The molecular formula is C32H40FN3O6S. The van der Waals surface area contributed by atoms with Gasteiger partial charge in [-0.3, -0.25) is 13.9 Å². The van der Waals surface area contributed by atoms with Crippen LogP contribution in [0.2, 0.25) is 0 Å². The normalized spacial score (nSPS) is 12.0. The van der Waals surface area contributed by atoms with Crippen LogP contribution >= 0.6 is 0 Å². The molecule has 2 amide bonds. The van der Waals surface area contributed by atoms with Crippen molar-refractivity contribution in [2.45, 2.75) is 51.6 Å². The number of halogens is 1. The zero-order chi connectivity index (χ0) is 31.7. The van der Waals surface area contributed by atoms with Gasteiger partial charge in [-0.25, -0.2) is 12.8 Å². The van der Waals surface area contributed by atoms with E-state index in [0.29, 0.717) is 17.9 Å². The minimum atomic E-state index is -4.31. The largest absolute Gasteiger partial charge is 0.497 e. The van der Waals surface area contributed by atoms with E-state index in [1.165, 1.54) is 61.6 Å². The van der Waals surface area contributed by atoms with Gasteiger partial charge in [-0.2, -0.15) is 0 Å². The zero-order valence-electron chi connectivity index (χ0n) is 25.5. The molecule has 3 aromatic rings. The fraction of sp³-hybridized carbons (Fsp3) is 0.375. The van der Waals surface area contributed by atoms with Crippen molar-refractivity contribution in [3.63, 3.8) is 0 Å². The fourth-order valence-electron chi connectivity index (χ4n) is 4.47. The van der Waals surface area contributed by atoms with Crippen molar-refractivity contribution in [3.05, 3.63) is 83.7 Å². The number of nitrogens with one attached hydrogen (secondary N) is 1. The Kier molecular flexibility index (Phi) is 11.5. The number of carbonyl (C=O) groups is 2. The summed E-state index contributed by atoms with van der Waals surface area (Å²) >= 11 is 0. The highest BCUT2D eigenvalue weighted by Crippen LogP contribution is 2.36. The molecule has 232 valence electrons. The third-order valence-corrected chi connectivity index (χ3v) is 8.65. The summed E-state index contributed by atoms with van der Waals surface area (Å²) in [5, 5.41) is 2.88. The Morgan fingerprint density at radius 2 is 1.60 bits per heavy atom. The van der Waals surface area contributed by atoms with Gasteiger partial charge in [0.05, 0.1) is 24.8 Å². The van der Waals surface area contributed by atoms with E-state index in [2.05, 4.69) is 5.32 Å². The molecular weight excluding hydrogens is 573 g/mol. The molecule has 9 nitrogen and oxygen atoms in total. The number of nitrogens with zero attached hydrogens (tertiary/aromatic N) is 2. The van der Waals surface area contributed by atoms with E-state index in [-0.39, 0.29) is 41.1 Å². The summed E-state index contributed by atoms with van der Waals surface area (Å²) in [5.74, 6) is -0.691. The van der Waals surface area contributed by atoms with E-state index in [9.17, 15) is 22.4 Å². The van der Waals surface area contributed by atoms with Crippen molar-refractivity contribution in [1.82, 2.24) is 10.2 Å². The number of amides is 2. The summed E-state index contributed by atoms with van der Waals surface area (Å²) in [7, 11) is -1.46. The van der Waals surface area contributed by atoms with E-state index in [0.717, 1.165) is 9.87 Å². The van der Waals surface area contributed by atoms with E-state index in [1.807, 2.05) is 20.8 Å². The first kappa shape index (κ1) is 33.4. The molecule has 3 rings (SSSR count). The lowest BCUT2D eigenvalue weighted by molar-refractivity contribution is -0.140. The Morgan fingerprint density at radius 3 is 2.16 bits per heavy atom. The summed E-state index contributed by atoms with van der Waals surface area (Å²) in [6.07, 6.45) is 0.268. The molecule has 43 heavy (non-hydrogen) atoms. The Bertz CT molecular complexity index is 1490. The van der Waals surface area contributed by atoms with Crippen LogP contribution in [-0.4, -0.2) is 58.5 Å². The molecule has 0 heterocycles. The lowest BCUT2D eigenvalue weighted by Gasteiger charge is -2.33. The van der Waals surface area contributed by atoms with E-state index in [4.69, 9.17) is 9.47 Å². The van der Waals surface area contributed by atoms with Gasteiger partial charge in [0.2, 0.25) is 11.8 Å². The van der Waals surface area contributed by atoms with Crippen molar-refractivity contribution in [3.8, 4) is 11.5 Å². The highest BCUT2D eigenvalue weighted by Gasteiger charge is 2.35. The predicted octanol–water partition coefficient (Wildman–Crippen LogP) is 4.93. The molecule has 0 bridgehead atoms. The molecule has 0 saturated carbocycles. The van der Waals surface area contributed by atoms with Crippen molar-refractivity contribution in [2.24, 2.45) is 5.92 Å². The Balaban J connectivity index is 2.13. The van der Waals surface area contributed by atoms with Gasteiger partial charge < -0.3 is 19.7 Å². The summed E-state index contributed by atoms with van der Waals surface area (Å²) in [4.78, 5) is 28.9. The first-order valence-corrected chi connectivity index (χ1v) is 15.5. The Morgan fingerprint density at radius 1 is 0.953 bits per heavy atom. The average Bonchev–Trinajstić information content (AvgIpc) is 2.99. The van der Waals surface area contributed by atoms with Gasteiger partial charge in [-0.05, 0) is 61.2 Å². The van der Waals surface area contributed by atoms with Gasteiger partial charge in [0.1, 0.15) is 29.9 Å². The van der Waals surface area contributed by atoms with Crippen LogP contribution in [0.25, 0.3) is 0 Å². The summed E-state index contributed by atoms with van der Waals surface area (Å²) in [6.45, 7) is 7.25. The smallest absolute Gasteiger partial charge is 0.264 e. The number of sulfonamides is 1. The lowest BCUT2D eigenvalue weighted by Crippen LogP contribution is -2.52. The Labute approximate surface area is 253 Å². The minimum Gasteiger partial charge on any atom is -0.497 e. The topological polar surface area (TPSA) is 105 Å². The first-order chi connectivity index (χ1) is 20.4. The van der Waals surface area contributed by atoms with Gasteiger partial charge in [0, 0.05) is 19.2 Å². The maximum absolute atomic E-state index is 14.2. The van der Waals surface area contributed by atoms with E-state index < -0.39 is 34.3 Å². The number of aryl methyl sites for hydroxylation is 1. The molecule has 0 spiro atoms. The van der Waals surface area contributed by atoms with Crippen molar-refractivity contribution in [2.75, 3.05) is 31.6 Å². The van der Waals surface area contributed by atoms with Crippen LogP contribution in [0.5, 0.6) is 11.5 Å². The second kappa shape index (κ2) is 14.9. The second-order valence-corrected chi connectivity index (χ2v) is 12.4. The van der Waals surface area contributed by atoms with Crippen LogP contribution < -0.4 is 19.1 Å². The van der Waals surface area contributed by atoms with Gasteiger partial charge in [0.15, 0.2) is 0 Å². The number of anilines is 1. The first-order valence-electron chi connectivity index (χ1n) is 14.0. The van der Waals surface area contributed by atoms with Crippen LogP contribution in [0.4, 0.5) is 10.1 Å². The van der Waals surface area contributed by atoms with Crippen molar-refractivity contribution >= 4 is 27.5 Å². The highest BCUT2D eigenvalue weighted by molar-refractivity contribution is 7.92. The fourth-order valence-corrected chi connectivity index (χ4v) is 5.89. The van der Waals surface area contributed by atoms with Crippen molar-refractivity contribution in [1.29, 1.82) is 0 Å². The van der Waals surface area contributed by atoms with E-state index >= 15 is 0 Å². The van der Waals surface area contributed by atoms with Crippen LogP contribution in [0.3, 0.4) is 0 Å². The molecule has 0 radical (unpaired) electrons. The monoisotopic (exact) mass is 613 g/mol. The molecule has 0 aliphatic heterocycles. The number of hydrogen-bond donors (Lipinski definition) is 1. The van der Waals surface area contributed by atoms with Crippen LogP contribution in [-0.2, 0) is 26.2 Å². The molecule has 3 aromatic carbocycles. The molecule has 0 aliphatic carbocycles. The minimum absolute atomic E-state index is 0.0254. The number of methoxy groups -OCH3 is 2. The second-order valence-electron chi connectivity index (χ2n) is 10.6. The summed E-state index contributed by atoms with van der Waals surface area (Å²) < 4.78 is 53.8. The standard InChI is InChI=1S/C32H40FN3O6S/c1-7-28(32(38)34-19-22(2)3)35(20-24-10-12-25(33)13-11-24)31(37)21-36(29-18-26(41-5)14-17-30(29)42-6)43(39,40)27-15-8-23(4)9-16-27/h8-18,22,28H,7,19-21H2,1-6H3,(H,34,38). The number of benzene rings is 3. The van der Waals surface area contributed by atoms with Crippen LogP contribution in [0, 0.1) is 18.7 Å². The van der Waals surface area contributed by atoms with Gasteiger partial charge in [0.25, 0.3) is 10.0 Å². The molecule has 11 heteroatoms. The van der Waals surface area contributed by atoms with Crippen LogP contribution in [0.1, 0.15) is 38.3 Å². The van der Waals surface area contributed by atoms with Crippen molar-refractivity contribution < 1.29 is 31.9 Å². The summed E-state index contributed by atoms with van der Waals surface area (Å²) in [6, 6.07) is 15.6. The SMILES string of the molecule is CCC(C(=O)NCC(C)C)N(Cc1ccc(F)cc1)C(=O)CN(c1cc(OC)ccc1OC)S(=O)(=O)c1ccc(C)cc1. The Hall–Kier alpha value is -4.12. The molecule has 0 saturated heterocycles. The van der Waals surface area contributed by atoms with Crippen LogP contribution in [0.15, 0.2) is 71.6 Å². The maximum Gasteiger partial charge on any atom is 0.264 e. The van der Waals surface area contributed by atoms with Gasteiger partial charge in [-0.15, -0.1) is 0 Å². The highest BCUT2D eigenvalue weighted by atomic mass is 32.2. The number of ether oxygens (including phenoxy) is 2. The average molecular weight is 614 g/mol. The lowest BCUT2D eigenvalue weighted by atomic mass is 10.1. The number of hydrogen-bond acceptors (Lipinski definition) is 6. The van der Waals surface area contributed by atoms with E-state index in [1.54, 1.807) is 31.2 Å². The third-order valence-electron chi connectivity index (χ3n) is 6.88. The third kappa shape index (κ3) is 8.47. The molecule has 0 aliphatic rings. The molecule has 0 fully saturated rings. The van der Waals surface area contributed by atoms with Gasteiger partial charge >= 0.3 is 0 Å². The number of carbonyl (C=O) groups excluding carboxylic acids is 2. The maximum atomic E-state index is 14.2. The quantitative estimate of drug-likeness (QED) is 0.277. The molecule has 1 N–H and O–H groups in total. The summed E-state index contributed by atoms with van der Waals surface area (Å²) in [5.41, 5.74) is 1.54. The number of rotatable bonds is 14. The molecule has 1 unspecified atom stereocenters. The molecule has 1 atom stereocenters. The predicted molar refractivity (Wildman–Crippen MR) is 164 cm³/mol. The molecule has 0 aromatic heterocycles. The van der Waals surface area contributed by atoms with Gasteiger partial charge in [-0.1, -0.05) is 50.6 Å². The zero-order valence-corrected chi connectivity index (χ0v) is 26.3.